The van der Waals surface area contributed by atoms with Crippen LogP contribution in [0.4, 0.5) is 4.79 Å². The molecule has 1 aliphatic heterocycles. The summed E-state index contributed by atoms with van der Waals surface area (Å²) in [5, 5.41) is 0. The van der Waals surface area contributed by atoms with Crippen molar-refractivity contribution in [2.75, 3.05) is 13.1 Å². The summed E-state index contributed by atoms with van der Waals surface area (Å²) in [6, 6.07) is 1.88. The first kappa shape index (κ1) is 16.1. The molecule has 1 aromatic rings. The minimum absolute atomic E-state index is 0.158. The number of rotatable bonds is 2. The molecule has 22 heavy (non-hydrogen) atoms. The summed E-state index contributed by atoms with van der Waals surface area (Å²) in [6.45, 7) is 6.67. The molecule has 1 aromatic heterocycles. The van der Waals surface area contributed by atoms with E-state index >= 15 is 0 Å². The Morgan fingerprint density at radius 1 is 1.50 bits per heavy atom. The van der Waals surface area contributed by atoms with Crippen molar-refractivity contribution in [2.45, 2.75) is 45.3 Å². The quantitative estimate of drug-likeness (QED) is 0.784. The zero-order chi connectivity index (χ0) is 16.2. The van der Waals surface area contributed by atoms with Crippen LogP contribution in [0.15, 0.2) is 12.3 Å². The zero-order valence-electron chi connectivity index (χ0n) is 13.2. The SMILES string of the molecule is C#Cc1ccnc(O[C@@H]2CCCN(C(=O)OC(C)(C)C)C2)n1. The molecule has 2 rings (SSSR count). The number of nitrogens with zero attached hydrogens (tertiary/aromatic N) is 3. The highest BCUT2D eigenvalue weighted by Crippen LogP contribution is 2.18. The van der Waals surface area contributed by atoms with Crippen LogP contribution in [-0.2, 0) is 4.74 Å². The molecule has 0 bridgehead atoms. The minimum atomic E-state index is -0.505. The van der Waals surface area contributed by atoms with Crippen molar-refractivity contribution in [1.82, 2.24) is 14.9 Å². The third kappa shape index (κ3) is 4.62. The Morgan fingerprint density at radius 3 is 2.95 bits per heavy atom. The van der Waals surface area contributed by atoms with Gasteiger partial charge in [-0.25, -0.2) is 9.78 Å². The standard InChI is InChI=1S/C16H21N3O3/c1-5-12-8-9-17-14(18-12)21-13-7-6-10-19(11-13)15(20)22-16(2,3)4/h1,8-9,13H,6-7,10-11H2,2-4H3/t13-/m1/s1. The van der Waals surface area contributed by atoms with E-state index in [1.807, 2.05) is 20.8 Å². The third-order valence-electron chi connectivity index (χ3n) is 3.08. The van der Waals surface area contributed by atoms with E-state index in [0.717, 1.165) is 12.8 Å². The topological polar surface area (TPSA) is 64.5 Å². The normalized spacial score (nSPS) is 18.5. The van der Waals surface area contributed by atoms with E-state index in [2.05, 4.69) is 15.9 Å². The van der Waals surface area contributed by atoms with Crippen LogP contribution >= 0.6 is 0 Å². The van der Waals surface area contributed by atoms with Crippen molar-refractivity contribution in [3.63, 3.8) is 0 Å². The molecule has 118 valence electrons. The summed E-state index contributed by atoms with van der Waals surface area (Å²) in [7, 11) is 0. The predicted octanol–water partition coefficient (Wildman–Crippen LogP) is 2.24. The second kappa shape index (κ2) is 6.65. The summed E-state index contributed by atoms with van der Waals surface area (Å²) in [5.41, 5.74) is -0.0282. The second-order valence-corrected chi connectivity index (χ2v) is 6.18. The van der Waals surface area contributed by atoms with Crippen molar-refractivity contribution in [1.29, 1.82) is 0 Å². The molecule has 1 amide bonds. The summed E-state index contributed by atoms with van der Waals surface area (Å²) in [5.74, 6) is 2.44. The van der Waals surface area contributed by atoms with Gasteiger partial charge in [0, 0.05) is 12.7 Å². The molecule has 1 aliphatic rings. The van der Waals surface area contributed by atoms with Crippen LogP contribution in [0.25, 0.3) is 0 Å². The van der Waals surface area contributed by atoms with E-state index in [1.165, 1.54) is 0 Å². The number of hydrogen-bond acceptors (Lipinski definition) is 5. The number of carbonyl (C=O) groups is 1. The molecular formula is C16H21N3O3. The Kier molecular flexibility index (Phi) is 4.86. The van der Waals surface area contributed by atoms with E-state index in [0.29, 0.717) is 18.8 Å². The maximum atomic E-state index is 12.1. The Morgan fingerprint density at radius 2 is 2.27 bits per heavy atom. The van der Waals surface area contributed by atoms with E-state index in [9.17, 15) is 4.79 Å². The van der Waals surface area contributed by atoms with Crippen molar-refractivity contribution >= 4 is 6.09 Å². The molecule has 0 unspecified atom stereocenters. The van der Waals surface area contributed by atoms with Crippen molar-refractivity contribution in [2.24, 2.45) is 0 Å². The summed E-state index contributed by atoms with van der Waals surface area (Å²) in [4.78, 5) is 21.9. The average Bonchev–Trinajstić information content (AvgIpc) is 2.46. The van der Waals surface area contributed by atoms with Gasteiger partial charge in [-0.05, 0) is 45.6 Å². The molecule has 0 aliphatic carbocycles. The Hall–Kier alpha value is -2.29. The van der Waals surface area contributed by atoms with Crippen molar-refractivity contribution < 1.29 is 14.3 Å². The number of aromatic nitrogens is 2. The van der Waals surface area contributed by atoms with Crippen LogP contribution in [-0.4, -0.2) is 45.8 Å². The van der Waals surface area contributed by atoms with Gasteiger partial charge < -0.3 is 14.4 Å². The Balaban J connectivity index is 1.96. The van der Waals surface area contributed by atoms with Gasteiger partial charge in [0.2, 0.25) is 0 Å². The maximum absolute atomic E-state index is 12.1. The lowest BCUT2D eigenvalue weighted by Crippen LogP contribution is -2.46. The van der Waals surface area contributed by atoms with Gasteiger partial charge in [-0.3, -0.25) is 0 Å². The average molecular weight is 303 g/mol. The van der Waals surface area contributed by atoms with Crippen LogP contribution in [0.5, 0.6) is 6.01 Å². The van der Waals surface area contributed by atoms with Gasteiger partial charge in [-0.2, -0.15) is 4.98 Å². The first-order valence-electron chi connectivity index (χ1n) is 7.31. The molecule has 0 spiro atoms. The smallest absolute Gasteiger partial charge is 0.410 e. The molecule has 6 nitrogen and oxygen atoms in total. The first-order chi connectivity index (χ1) is 10.4. The number of piperidine rings is 1. The highest BCUT2D eigenvalue weighted by atomic mass is 16.6. The lowest BCUT2D eigenvalue weighted by molar-refractivity contribution is 0.00659. The zero-order valence-corrected chi connectivity index (χ0v) is 13.2. The molecule has 0 N–H and O–H groups in total. The van der Waals surface area contributed by atoms with Gasteiger partial charge in [0.05, 0.1) is 6.54 Å². The van der Waals surface area contributed by atoms with Gasteiger partial charge in [0.25, 0.3) is 0 Å². The van der Waals surface area contributed by atoms with Gasteiger partial charge in [0.15, 0.2) is 0 Å². The molecule has 1 fully saturated rings. The minimum Gasteiger partial charge on any atom is -0.458 e. The van der Waals surface area contributed by atoms with Gasteiger partial charge >= 0.3 is 12.1 Å². The summed E-state index contributed by atoms with van der Waals surface area (Å²) in [6.07, 6.45) is 8.07. The molecule has 1 atom stereocenters. The van der Waals surface area contributed by atoms with Gasteiger partial charge in [-0.1, -0.05) is 0 Å². The number of carbonyl (C=O) groups excluding carboxylic acids is 1. The highest BCUT2D eigenvalue weighted by Gasteiger charge is 2.28. The molecule has 1 saturated heterocycles. The second-order valence-electron chi connectivity index (χ2n) is 6.18. The van der Waals surface area contributed by atoms with Gasteiger partial charge in [-0.15, -0.1) is 6.42 Å². The van der Waals surface area contributed by atoms with Crippen LogP contribution in [0.1, 0.15) is 39.3 Å². The van der Waals surface area contributed by atoms with Crippen molar-refractivity contribution in [3.05, 3.63) is 18.0 Å². The molecular weight excluding hydrogens is 282 g/mol. The fourth-order valence-corrected chi connectivity index (χ4v) is 2.15. The molecule has 6 heteroatoms. The number of terminal acetylenes is 1. The highest BCUT2D eigenvalue weighted by molar-refractivity contribution is 5.68. The van der Waals surface area contributed by atoms with Crippen molar-refractivity contribution in [3.8, 4) is 18.4 Å². The van der Waals surface area contributed by atoms with E-state index in [-0.39, 0.29) is 18.2 Å². The lowest BCUT2D eigenvalue weighted by atomic mass is 10.1. The van der Waals surface area contributed by atoms with Crippen LogP contribution in [0.2, 0.25) is 0 Å². The van der Waals surface area contributed by atoms with Crippen LogP contribution < -0.4 is 4.74 Å². The molecule has 0 aromatic carbocycles. The number of ether oxygens (including phenoxy) is 2. The molecule has 0 saturated carbocycles. The monoisotopic (exact) mass is 303 g/mol. The summed E-state index contributed by atoms with van der Waals surface area (Å²) >= 11 is 0. The first-order valence-corrected chi connectivity index (χ1v) is 7.31. The maximum Gasteiger partial charge on any atom is 0.410 e. The fraction of sp³-hybridized carbons (Fsp3) is 0.562. The van der Waals surface area contributed by atoms with E-state index in [1.54, 1.807) is 17.2 Å². The van der Waals surface area contributed by atoms with Crippen LogP contribution in [0.3, 0.4) is 0 Å². The summed E-state index contributed by atoms with van der Waals surface area (Å²) < 4.78 is 11.1. The van der Waals surface area contributed by atoms with Gasteiger partial charge in [0.1, 0.15) is 17.4 Å². The third-order valence-corrected chi connectivity index (χ3v) is 3.08. The predicted molar refractivity (Wildman–Crippen MR) is 81.4 cm³/mol. The van der Waals surface area contributed by atoms with E-state index < -0.39 is 5.60 Å². The molecule has 0 radical (unpaired) electrons. The Labute approximate surface area is 130 Å². The fourth-order valence-electron chi connectivity index (χ4n) is 2.15. The number of amides is 1. The van der Waals surface area contributed by atoms with E-state index in [4.69, 9.17) is 15.9 Å². The van der Waals surface area contributed by atoms with Crippen LogP contribution in [0, 0.1) is 12.3 Å². The largest absolute Gasteiger partial charge is 0.458 e. The molecule has 2 heterocycles. The lowest BCUT2D eigenvalue weighted by Gasteiger charge is -2.33. The Bertz CT molecular complexity index is 575. The number of likely N-dealkylation sites (tertiary alicyclic amines) is 1. The number of hydrogen-bond donors (Lipinski definition) is 0.